The molecule has 5 nitrogen and oxygen atoms in total. The summed E-state index contributed by atoms with van der Waals surface area (Å²) in [5.41, 5.74) is 2.27. The van der Waals surface area contributed by atoms with Crippen LogP contribution in [0.4, 0.5) is 5.69 Å². The van der Waals surface area contributed by atoms with Crippen molar-refractivity contribution in [2.24, 2.45) is 0 Å². The number of aromatic nitrogens is 1. The van der Waals surface area contributed by atoms with Crippen LogP contribution in [-0.4, -0.2) is 12.1 Å². The van der Waals surface area contributed by atoms with Gasteiger partial charge in [-0.05, 0) is 18.9 Å². The summed E-state index contributed by atoms with van der Waals surface area (Å²) in [7, 11) is 1.50. The van der Waals surface area contributed by atoms with E-state index >= 15 is 0 Å². The van der Waals surface area contributed by atoms with Crippen molar-refractivity contribution in [3.8, 4) is 11.9 Å². The normalized spacial score (nSPS) is 16.7. The van der Waals surface area contributed by atoms with Gasteiger partial charge in [0.15, 0.2) is 0 Å². The van der Waals surface area contributed by atoms with Gasteiger partial charge in [-0.15, -0.1) is 0 Å². The Bertz CT molecular complexity index is 788. The minimum atomic E-state index is 0.320. The van der Waals surface area contributed by atoms with Gasteiger partial charge in [-0.25, -0.2) is 4.98 Å². The van der Waals surface area contributed by atoms with Crippen molar-refractivity contribution in [2.45, 2.75) is 12.8 Å². The monoisotopic (exact) mass is 371 g/mol. The molecule has 1 aliphatic heterocycles. The molecule has 1 aromatic heterocycles. The molecule has 0 radical (unpaired) electrons. The zero-order valence-corrected chi connectivity index (χ0v) is 14.1. The highest BCUT2D eigenvalue weighted by Gasteiger charge is 2.17. The molecule has 0 saturated carbocycles. The summed E-state index contributed by atoms with van der Waals surface area (Å²) in [6.07, 6.45) is 13.0. The van der Waals surface area contributed by atoms with Crippen LogP contribution in [0.25, 0.3) is 0 Å². The number of anilines is 1. The van der Waals surface area contributed by atoms with E-state index in [0.717, 1.165) is 34.3 Å². The van der Waals surface area contributed by atoms with Crippen molar-refractivity contribution in [3.05, 3.63) is 64.5 Å². The summed E-state index contributed by atoms with van der Waals surface area (Å²) < 4.78 is 11.7. The van der Waals surface area contributed by atoms with Gasteiger partial charge in [-0.3, -0.25) is 0 Å². The number of nitriles is 1. The fraction of sp³-hybridized carbons (Fsp3) is 0.176. The van der Waals surface area contributed by atoms with Crippen molar-refractivity contribution in [3.63, 3.8) is 0 Å². The van der Waals surface area contributed by atoms with E-state index in [2.05, 4.69) is 33.1 Å². The Morgan fingerprint density at radius 1 is 1.48 bits per heavy atom. The Morgan fingerprint density at radius 2 is 2.35 bits per heavy atom. The number of halogens is 1. The van der Waals surface area contributed by atoms with Gasteiger partial charge in [0.1, 0.15) is 23.7 Å². The summed E-state index contributed by atoms with van der Waals surface area (Å²) in [6, 6.07) is 3.83. The van der Waals surface area contributed by atoms with Crippen molar-refractivity contribution >= 4 is 21.6 Å². The molecule has 0 atom stereocenters. The number of hydrogen-bond donors (Lipinski definition) is 0. The lowest BCUT2D eigenvalue weighted by Crippen LogP contribution is -2.15. The summed E-state index contributed by atoms with van der Waals surface area (Å²) >= 11 is 3.57. The lowest BCUT2D eigenvalue weighted by atomic mass is 10.0. The van der Waals surface area contributed by atoms with E-state index in [1.165, 1.54) is 7.11 Å². The average Bonchev–Trinajstić information content (AvgIpc) is 2.61. The minimum Gasteiger partial charge on any atom is -0.480 e. The van der Waals surface area contributed by atoms with Gasteiger partial charge in [0, 0.05) is 16.3 Å². The third kappa shape index (κ3) is 3.15. The van der Waals surface area contributed by atoms with Gasteiger partial charge < -0.3 is 14.4 Å². The molecule has 1 aromatic rings. The Labute approximate surface area is 143 Å². The average molecular weight is 372 g/mol. The van der Waals surface area contributed by atoms with Crippen molar-refractivity contribution in [2.75, 3.05) is 12.0 Å². The van der Waals surface area contributed by atoms with Crippen LogP contribution in [0.2, 0.25) is 0 Å². The largest absolute Gasteiger partial charge is 0.480 e. The fourth-order valence-electron chi connectivity index (χ4n) is 2.38. The molecule has 0 aromatic carbocycles. The Balaban J connectivity index is 1.95. The second-order valence-electron chi connectivity index (χ2n) is 4.93. The lowest BCUT2D eigenvalue weighted by molar-refractivity contribution is 0.348. The molecule has 2 heterocycles. The zero-order chi connectivity index (χ0) is 16.2. The van der Waals surface area contributed by atoms with E-state index in [0.29, 0.717) is 11.4 Å². The molecule has 2 aliphatic rings. The molecule has 23 heavy (non-hydrogen) atoms. The molecule has 0 spiro atoms. The third-order valence-electron chi connectivity index (χ3n) is 3.53. The molecule has 0 amide bonds. The maximum atomic E-state index is 9.20. The molecule has 0 N–H and O–H groups in total. The van der Waals surface area contributed by atoms with Crippen LogP contribution in [0, 0.1) is 11.3 Å². The molecule has 0 saturated heterocycles. The van der Waals surface area contributed by atoms with Crippen molar-refractivity contribution < 1.29 is 9.47 Å². The minimum absolute atomic E-state index is 0.320. The van der Waals surface area contributed by atoms with Crippen LogP contribution in [0.5, 0.6) is 5.88 Å². The van der Waals surface area contributed by atoms with Crippen LogP contribution in [0.1, 0.15) is 18.4 Å². The van der Waals surface area contributed by atoms with E-state index in [9.17, 15) is 5.26 Å². The third-order valence-corrected chi connectivity index (χ3v) is 4.28. The number of hydrogen-bond acceptors (Lipinski definition) is 5. The first kappa shape index (κ1) is 15.4. The quantitative estimate of drug-likeness (QED) is 0.799. The number of nitrogens with zero attached hydrogens (tertiary/aromatic N) is 3. The van der Waals surface area contributed by atoms with Gasteiger partial charge in [0.25, 0.3) is 0 Å². The Hall–Kier alpha value is -2.52. The lowest BCUT2D eigenvalue weighted by Gasteiger charge is -2.24. The van der Waals surface area contributed by atoms with E-state index < -0.39 is 0 Å². The van der Waals surface area contributed by atoms with Crippen LogP contribution in [-0.2, 0) is 4.74 Å². The Kier molecular flexibility index (Phi) is 4.49. The number of allylic oxidation sites excluding steroid dienone is 4. The highest BCUT2D eigenvalue weighted by Crippen LogP contribution is 2.33. The van der Waals surface area contributed by atoms with Gasteiger partial charge in [-0.2, -0.15) is 5.26 Å². The van der Waals surface area contributed by atoms with Gasteiger partial charge >= 0.3 is 0 Å². The second kappa shape index (κ2) is 6.71. The Morgan fingerprint density at radius 3 is 3.09 bits per heavy atom. The standard InChI is InChI=1S/C17H14BrN3O2/c1-22-17-12(9-19)8-13(10-20-17)21-6-7-23-16(11-21)14-4-2-3-5-15(14)18/h3,5-8,10-11H,2,4H2,1H3. The summed E-state index contributed by atoms with van der Waals surface area (Å²) in [5.74, 6) is 1.10. The van der Waals surface area contributed by atoms with Crippen molar-refractivity contribution in [1.82, 2.24) is 4.98 Å². The SMILES string of the molecule is COc1ncc(N2C=COC(C3=C(Br)C=CCC3)=C2)cc1C#N. The molecule has 1 aliphatic carbocycles. The number of rotatable bonds is 3. The van der Waals surface area contributed by atoms with Crippen molar-refractivity contribution in [1.29, 1.82) is 5.26 Å². The smallest absolute Gasteiger partial charge is 0.231 e. The van der Waals surface area contributed by atoms with Crippen LogP contribution in [0.15, 0.2) is 58.9 Å². The van der Waals surface area contributed by atoms with Gasteiger partial charge in [0.05, 0.1) is 25.2 Å². The highest BCUT2D eigenvalue weighted by molar-refractivity contribution is 9.11. The first-order valence-corrected chi connectivity index (χ1v) is 7.85. The summed E-state index contributed by atoms with van der Waals surface area (Å²) in [4.78, 5) is 6.05. The van der Waals surface area contributed by atoms with Crippen LogP contribution < -0.4 is 9.64 Å². The molecular weight excluding hydrogens is 358 g/mol. The fourth-order valence-corrected chi connectivity index (χ4v) is 2.96. The molecule has 0 bridgehead atoms. The van der Waals surface area contributed by atoms with E-state index in [4.69, 9.17) is 9.47 Å². The number of methoxy groups -OCH3 is 1. The molecule has 0 unspecified atom stereocenters. The zero-order valence-electron chi connectivity index (χ0n) is 12.5. The maximum Gasteiger partial charge on any atom is 0.231 e. The molecule has 3 rings (SSSR count). The summed E-state index contributed by atoms with van der Waals surface area (Å²) in [5, 5.41) is 9.20. The van der Waals surface area contributed by atoms with Gasteiger partial charge in [0.2, 0.25) is 5.88 Å². The maximum absolute atomic E-state index is 9.20. The second-order valence-corrected chi connectivity index (χ2v) is 5.79. The van der Waals surface area contributed by atoms with E-state index in [1.807, 2.05) is 17.2 Å². The number of ether oxygens (including phenoxy) is 2. The first-order valence-electron chi connectivity index (χ1n) is 7.06. The molecule has 6 heteroatoms. The predicted octanol–water partition coefficient (Wildman–Crippen LogP) is 4.11. The van der Waals surface area contributed by atoms with Crippen LogP contribution >= 0.6 is 15.9 Å². The van der Waals surface area contributed by atoms with Gasteiger partial charge in [-0.1, -0.05) is 28.1 Å². The predicted molar refractivity (Wildman–Crippen MR) is 90.6 cm³/mol. The molecule has 0 fully saturated rings. The summed E-state index contributed by atoms with van der Waals surface area (Å²) in [6.45, 7) is 0. The highest BCUT2D eigenvalue weighted by atomic mass is 79.9. The van der Waals surface area contributed by atoms with Crippen LogP contribution in [0.3, 0.4) is 0 Å². The first-order chi connectivity index (χ1) is 11.2. The topological polar surface area (TPSA) is 58.4 Å². The van der Waals surface area contributed by atoms with E-state index in [-0.39, 0.29) is 0 Å². The van der Waals surface area contributed by atoms with E-state index in [1.54, 1.807) is 24.7 Å². The number of pyridine rings is 1. The molecular formula is C17H14BrN3O2. The molecule has 116 valence electrons.